The minimum absolute atomic E-state index is 0.0974. The second-order valence-corrected chi connectivity index (χ2v) is 8.54. The van der Waals surface area contributed by atoms with Crippen molar-refractivity contribution in [3.8, 4) is 5.75 Å². The number of thiazole rings is 1. The summed E-state index contributed by atoms with van der Waals surface area (Å²) in [6.07, 6.45) is 1.38. The van der Waals surface area contributed by atoms with Crippen LogP contribution in [0.5, 0.6) is 5.75 Å². The topological polar surface area (TPSA) is 43.6 Å². The SMILES string of the molecule is CCCn1c(=NC(=O)CCSc2ccc(Cl)cc2)sc2cc(OC)ccc21. The monoisotopic (exact) mass is 420 g/mol. The molecule has 3 aromatic rings. The second-order valence-electron chi connectivity index (χ2n) is 5.93. The zero-order valence-electron chi connectivity index (χ0n) is 15.3. The van der Waals surface area contributed by atoms with Crippen molar-refractivity contribution in [3.05, 3.63) is 52.3 Å². The number of thioether (sulfide) groups is 1. The zero-order valence-corrected chi connectivity index (χ0v) is 17.7. The lowest BCUT2D eigenvalue weighted by atomic mass is 10.3. The number of methoxy groups -OCH3 is 1. The Hall–Kier alpha value is -1.76. The number of benzene rings is 2. The summed E-state index contributed by atoms with van der Waals surface area (Å²) in [7, 11) is 1.65. The van der Waals surface area contributed by atoms with Crippen LogP contribution in [0, 0.1) is 0 Å². The highest BCUT2D eigenvalue weighted by Gasteiger charge is 2.09. The Labute approximate surface area is 171 Å². The molecular formula is C20H21ClN2O2S2. The van der Waals surface area contributed by atoms with E-state index in [9.17, 15) is 4.79 Å². The summed E-state index contributed by atoms with van der Waals surface area (Å²) >= 11 is 9.05. The van der Waals surface area contributed by atoms with Crippen LogP contribution >= 0.6 is 34.7 Å². The molecule has 0 N–H and O–H groups in total. The van der Waals surface area contributed by atoms with Crippen molar-refractivity contribution >= 4 is 50.8 Å². The van der Waals surface area contributed by atoms with Crippen molar-refractivity contribution in [2.24, 2.45) is 4.99 Å². The molecule has 0 radical (unpaired) electrons. The van der Waals surface area contributed by atoms with Crippen molar-refractivity contribution in [2.45, 2.75) is 31.2 Å². The van der Waals surface area contributed by atoms with Gasteiger partial charge in [0.05, 0.1) is 17.3 Å². The normalized spacial score (nSPS) is 11.9. The summed E-state index contributed by atoms with van der Waals surface area (Å²) in [6, 6.07) is 13.6. The van der Waals surface area contributed by atoms with E-state index in [4.69, 9.17) is 16.3 Å². The maximum atomic E-state index is 12.4. The van der Waals surface area contributed by atoms with E-state index in [1.165, 1.54) is 11.3 Å². The van der Waals surface area contributed by atoms with Gasteiger partial charge in [-0.25, -0.2) is 0 Å². The van der Waals surface area contributed by atoms with Gasteiger partial charge in [0.25, 0.3) is 0 Å². The molecule has 1 amide bonds. The Morgan fingerprint density at radius 1 is 1.26 bits per heavy atom. The Morgan fingerprint density at radius 2 is 2.04 bits per heavy atom. The third-order valence-corrected chi connectivity index (χ3v) is 6.26. The fourth-order valence-electron chi connectivity index (χ4n) is 2.66. The summed E-state index contributed by atoms with van der Waals surface area (Å²) < 4.78 is 8.49. The smallest absolute Gasteiger partial charge is 0.249 e. The average Bonchev–Trinajstić information content (AvgIpc) is 3.00. The summed E-state index contributed by atoms with van der Waals surface area (Å²) in [5.41, 5.74) is 1.09. The van der Waals surface area contributed by atoms with Gasteiger partial charge in [-0.2, -0.15) is 4.99 Å². The number of rotatable bonds is 7. The Balaban J connectivity index is 1.76. The predicted octanol–water partition coefficient (Wildman–Crippen LogP) is 5.38. The van der Waals surface area contributed by atoms with E-state index >= 15 is 0 Å². The Kier molecular flexibility index (Phi) is 6.99. The van der Waals surface area contributed by atoms with Crippen LogP contribution in [0.2, 0.25) is 5.02 Å². The van der Waals surface area contributed by atoms with Gasteiger partial charge in [-0.3, -0.25) is 4.79 Å². The molecule has 0 fully saturated rings. The standard InChI is InChI=1S/C20H21ClN2O2S2/c1-3-11-23-17-9-6-15(25-2)13-18(17)27-20(23)22-19(24)10-12-26-16-7-4-14(21)5-8-16/h4-9,13H,3,10-12H2,1-2H3. The van der Waals surface area contributed by atoms with Crippen LogP contribution in [-0.2, 0) is 11.3 Å². The lowest BCUT2D eigenvalue weighted by Crippen LogP contribution is -2.16. The molecule has 142 valence electrons. The fourth-order valence-corrected chi connectivity index (χ4v) is 4.72. The minimum Gasteiger partial charge on any atom is -0.497 e. The quantitative estimate of drug-likeness (QED) is 0.481. The maximum absolute atomic E-state index is 12.4. The van der Waals surface area contributed by atoms with Crippen LogP contribution in [0.4, 0.5) is 0 Å². The van der Waals surface area contributed by atoms with Crippen LogP contribution in [0.3, 0.4) is 0 Å². The minimum atomic E-state index is -0.0974. The molecule has 0 aliphatic rings. The third kappa shape index (κ3) is 5.15. The van der Waals surface area contributed by atoms with E-state index in [0.717, 1.165) is 38.6 Å². The number of amides is 1. The van der Waals surface area contributed by atoms with E-state index in [2.05, 4.69) is 16.5 Å². The van der Waals surface area contributed by atoms with Crippen molar-refractivity contribution in [3.63, 3.8) is 0 Å². The van der Waals surface area contributed by atoms with Crippen LogP contribution in [-0.4, -0.2) is 23.3 Å². The summed E-state index contributed by atoms with van der Waals surface area (Å²) in [5, 5.41) is 0.715. The molecule has 4 nitrogen and oxygen atoms in total. The Morgan fingerprint density at radius 3 is 2.74 bits per heavy atom. The van der Waals surface area contributed by atoms with Crippen LogP contribution in [0.15, 0.2) is 52.4 Å². The molecule has 0 saturated carbocycles. The molecule has 0 aliphatic carbocycles. The first kappa shape index (κ1) is 20.0. The number of aromatic nitrogens is 1. The van der Waals surface area contributed by atoms with Gasteiger partial charge < -0.3 is 9.30 Å². The van der Waals surface area contributed by atoms with Gasteiger partial charge in [-0.05, 0) is 48.9 Å². The van der Waals surface area contributed by atoms with Gasteiger partial charge in [-0.1, -0.05) is 29.9 Å². The number of hydrogen-bond acceptors (Lipinski definition) is 4. The van der Waals surface area contributed by atoms with Gasteiger partial charge in [0.2, 0.25) is 5.91 Å². The van der Waals surface area contributed by atoms with Gasteiger partial charge in [0.1, 0.15) is 5.75 Å². The lowest BCUT2D eigenvalue weighted by Gasteiger charge is -2.04. The highest BCUT2D eigenvalue weighted by atomic mass is 35.5. The number of halogens is 1. The first-order chi connectivity index (χ1) is 13.1. The number of fused-ring (bicyclic) bond motifs is 1. The largest absolute Gasteiger partial charge is 0.497 e. The highest BCUT2D eigenvalue weighted by Crippen LogP contribution is 2.24. The molecule has 1 aromatic heterocycles. The molecule has 7 heteroatoms. The van der Waals surface area contributed by atoms with Gasteiger partial charge >= 0.3 is 0 Å². The van der Waals surface area contributed by atoms with Crippen molar-refractivity contribution in [1.82, 2.24) is 4.57 Å². The number of ether oxygens (including phenoxy) is 1. The van der Waals surface area contributed by atoms with E-state index in [1.807, 2.05) is 42.5 Å². The van der Waals surface area contributed by atoms with Crippen molar-refractivity contribution in [1.29, 1.82) is 0 Å². The number of carbonyl (C=O) groups is 1. The fraction of sp³-hybridized carbons (Fsp3) is 0.300. The second kappa shape index (κ2) is 9.44. The summed E-state index contributed by atoms with van der Waals surface area (Å²) in [5.74, 6) is 1.40. The summed E-state index contributed by atoms with van der Waals surface area (Å²) in [6.45, 7) is 2.95. The molecule has 0 spiro atoms. The van der Waals surface area contributed by atoms with E-state index in [-0.39, 0.29) is 5.91 Å². The van der Waals surface area contributed by atoms with Crippen molar-refractivity contribution < 1.29 is 9.53 Å². The van der Waals surface area contributed by atoms with E-state index < -0.39 is 0 Å². The molecule has 0 atom stereocenters. The molecule has 0 saturated heterocycles. The average molecular weight is 421 g/mol. The molecule has 0 unspecified atom stereocenters. The van der Waals surface area contributed by atoms with Crippen LogP contribution < -0.4 is 9.54 Å². The molecular weight excluding hydrogens is 400 g/mol. The molecule has 27 heavy (non-hydrogen) atoms. The third-order valence-electron chi connectivity index (χ3n) is 3.96. The number of nitrogens with zero attached hydrogens (tertiary/aromatic N) is 2. The van der Waals surface area contributed by atoms with Gasteiger partial charge in [0.15, 0.2) is 4.80 Å². The van der Waals surface area contributed by atoms with Crippen LogP contribution in [0.1, 0.15) is 19.8 Å². The molecule has 3 rings (SSSR count). The lowest BCUT2D eigenvalue weighted by molar-refractivity contribution is -0.117. The first-order valence-corrected chi connectivity index (χ1v) is 10.9. The number of aryl methyl sites for hydroxylation is 1. The molecule has 1 heterocycles. The van der Waals surface area contributed by atoms with Crippen LogP contribution in [0.25, 0.3) is 10.2 Å². The summed E-state index contributed by atoms with van der Waals surface area (Å²) in [4.78, 5) is 18.6. The predicted molar refractivity (Wildman–Crippen MR) is 114 cm³/mol. The van der Waals surface area contributed by atoms with Crippen molar-refractivity contribution in [2.75, 3.05) is 12.9 Å². The Bertz CT molecular complexity index is 993. The van der Waals surface area contributed by atoms with E-state index in [1.54, 1.807) is 18.9 Å². The van der Waals surface area contributed by atoms with Gasteiger partial charge in [0, 0.05) is 28.6 Å². The molecule has 0 aliphatic heterocycles. The molecule has 2 aromatic carbocycles. The zero-order chi connectivity index (χ0) is 19.2. The highest BCUT2D eigenvalue weighted by molar-refractivity contribution is 7.99. The number of hydrogen-bond donors (Lipinski definition) is 0. The maximum Gasteiger partial charge on any atom is 0.249 e. The van der Waals surface area contributed by atoms with Gasteiger partial charge in [-0.15, -0.1) is 11.8 Å². The van der Waals surface area contributed by atoms with E-state index in [0.29, 0.717) is 17.2 Å². The first-order valence-electron chi connectivity index (χ1n) is 8.74. The number of carbonyl (C=O) groups excluding carboxylic acids is 1. The molecule has 0 bridgehead atoms.